The van der Waals surface area contributed by atoms with Gasteiger partial charge >= 0.3 is 0 Å². The summed E-state index contributed by atoms with van der Waals surface area (Å²) in [5.74, 6) is -0.739. The molecule has 0 saturated carbocycles. The molecule has 0 aliphatic rings. The summed E-state index contributed by atoms with van der Waals surface area (Å²) in [5, 5.41) is 3.10. The van der Waals surface area contributed by atoms with Gasteiger partial charge < -0.3 is 10.2 Å². The van der Waals surface area contributed by atoms with Gasteiger partial charge in [-0.1, -0.05) is 42.5 Å². The fraction of sp³-hybridized carbons (Fsp3) is 0.379. The normalized spacial score (nSPS) is 12.9. The van der Waals surface area contributed by atoms with Gasteiger partial charge in [-0.15, -0.1) is 0 Å². The Morgan fingerprint density at radius 3 is 2.14 bits per heavy atom. The molecule has 0 aliphatic heterocycles. The molecule has 2 aromatic heterocycles. The average Bonchev–Trinajstić information content (AvgIpc) is 2.86. The zero-order valence-electron chi connectivity index (χ0n) is 21.1. The molecule has 184 valence electrons. The Morgan fingerprint density at radius 2 is 1.54 bits per heavy atom. The molecule has 2 unspecified atom stereocenters. The molecule has 1 N–H and O–H groups in total. The molecular formula is C29H36N4O2. The first-order valence-electron chi connectivity index (χ1n) is 12.3. The molecule has 2 atom stereocenters. The lowest BCUT2D eigenvalue weighted by Gasteiger charge is -2.37. The number of hydrogen-bond acceptors (Lipinski definition) is 4. The van der Waals surface area contributed by atoms with Crippen molar-refractivity contribution in [1.29, 1.82) is 0 Å². The third-order valence-electron chi connectivity index (χ3n) is 6.16. The standard InChI is InChI=1S/C29H36N4O2/c1-21(2)33(22(3)4)29(35)28(24-13-10-17-30-19-24)26(23-11-6-5-7-12-23)20-32-27(34)16-15-25-14-8-9-18-31-25/h5-14,17-19,21-22,26,28H,15-16,20H2,1-4H3,(H,32,34). The third kappa shape index (κ3) is 7.22. The number of pyridine rings is 2. The predicted molar refractivity (Wildman–Crippen MR) is 139 cm³/mol. The van der Waals surface area contributed by atoms with E-state index in [2.05, 4.69) is 15.3 Å². The van der Waals surface area contributed by atoms with Crippen LogP contribution < -0.4 is 5.32 Å². The van der Waals surface area contributed by atoms with Gasteiger partial charge in [-0.3, -0.25) is 19.6 Å². The Bertz CT molecular complexity index is 1050. The zero-order valence-corrected chi connectivity index (χ0v) is 21.1. The molecule has 2 heterocycles. The Labute approximate surface area is 208 Å². The van der Waals surface area contributed by atoms with Crippen molar-refractivity contribution in [2.45, 2.75) is 64.5 Å². The maximum absolute atomic E-state index is 14.1. The van der Waals surface area contributed by atoms with Gasteiger partial charge in [-0.25, -0.2) is 0 Å². The lowest BCUT2D eigenvalue weighted by Crippen LogP contribution is -2.47. The molecule has 0 fully saturated rings. The predicted octanol–water partition coefficient (Wildman–Crippen LogP) is 4.74. The van der Waals surface area contributed by atoms with Crippen LogP contribution >= 0.6 is 0 Å². The van der Waals surface area contributed by atoms with Crippen LogP contribution in [-0.2, 0) is 16.0 Å². The van der Waals surface area contributed by atoms with Gasteiger partial charge in [0.15, 0.2) is 0 Å². The van der Waals surface area contributed by atoms with E-state index in [1.807, 2.05) is 93.3 Å². The molecule has 6 nitrogen and oxygen atoms in total. The van der Waals surface area contributed by atoms with Crippen molar-refractivity contribution >= 4 is 11.8 Å². The summed E-state index contributed by atoms with van der Waals surface area (Å²) in [5.41, 5.74) is 2.74. The van der Waals surface area contributed by atoms with Gasteiger partial charge in [-0.05, 0) is 63.4 Å². The number of amides is 2. The summed E-state index contributed by atoms with van der Waals surface area (Å²) in [6.07, 6.45) is 6.12. The molecule has 0 radical (unpaired) electrons. The van der Waals surface area contributed by atoms with Gasteiger partial charge in [0.1, 0.15) is 0 Å². The first-order valence-corrected chi connectivity index (χ1v) is 12.3. The van der Waals surface area contributed by atoms with E-state index in [1.165, 1.54) is 0 Å². The maximum Gasteiger partial charge on any atom is 0.231 e. The quantitative estimate of drug-likeness (QED) is 0.437. The van der Waals surface area contributed by atoms with Crippen LogP contribution in [0.4, 0.5) is 0 Å². The fourth-order valence-corrected chi connectivity index (χ4v) is 4.60. The maximum atomic E-state index is 14.1. The lowest BCUT2D eigenvalue weighted by atomic mass is 9.80. The smallest absolute Gasteiger partial charge is 0.231 e. The second-order valence-electron chi connectivity index (χ2n) is 9.34. The molecule has 35 heavy (non-hydrogen) atoms. The third-order valence-corrected chi connectivity index (χ3v) is 6.16. The number of benzene rings is 1. The number of nitrogens with zero attached hydrogens (tertiary/aromatic N) is 3. The van der Waals surface area contributed by atoms with Crippen LogP contribution in [0.5, 0.6) is 0 Å². The highest BCUT2D eigenvalue weighted by Crippen LogP contribution is 2.35. The van der Waals surface area contributed by atoms with Crippen LogP contribution in [0, 0.1) is 0 Å². The highest BCUT2D eigenvalue weighted by molar-refractivity contribution is 5.85. The summed E-state index contributed by atoms with van der Waals surface area (Å²) in [4.78, 5) is 37.4. The van der Waals surface area contributed by atoms with Crippen molar-refractivity contribution in [2.75, 3.05) is 6.54 Å². The summed E-state index contributed by atoms with van der Waals surface area (Å²) >= 11 is 0. The summed E-state index contributed by atoms with van der Waals surface area (Å²) < 4.78 is 0. The number of aryl methyl sites for hydroxylation is 1. The number of carbonyl (C=O) groups is 2. The highest BCUT2D eigenvalue weighted by atomic mass is 16.2. The molecule has 0 bridgehead atoms. The van der Waals surface area contributed by atoms with Crippen molar-refractivity contribution in [1.82, 2.24) is 20.2 Å². The van der Waals surface area contributed by atoms with Crippen LogP contribution in [0.25, 0.3) is 0 Å². The summed E-state index contributed by atoms with van der Waals surface area (Å²) in [6.45, 7) is 8.49. The Balaban J connectivity index is 1.89. The molecule has 6 heteroatoms. The molecule has 2 amide bonds. The SMILES string of the molecule is CC(C)N(C(=O)C(c1cccnc1)C(CNC(=O)CCc1ccccn1)c1ccccc1)C(C)C. The fourth-order valence-electron chi connectivity index (χ4n) is 4.60. The van der Waals surface area contributed by atoms with Gasteiger partial charge in [-0.2, -0.15) is 0 Å². The van der Waals surface area contributed by atoms with Crippen molar-refractivity contribution in [3.63, 3.8) is 0 Å². The van der Waals surface area contributed by atoms with Crippen molar-refractivity contribution in [3.05, 3.63) is 96.1 Å². The largest absolute Gasteiger partial charge is 0.355 e. The first-order chi connectivity index (χ1) is 16.9. The minimum absolute atomic E-state index is 0.0413. The second kappa shape index (κ2) is 12.8. The Morgan fingerprint density at radius 1 is 0.857 bits per heavy atom. The Hall–Kier alpha value is -3.54. The summed E-state index contributed by atoms with van der Waals surface area (Å²) in [7, 11) is 0. The van der Waals surface area contributed by atoms with Gasteiger partial charge in [0.05, 0.1) is 5.92 Å². The van der Waals surface area contributed by atoms with Crippen LogP contribution in [0.3, 0.4) is 0 Å². The molecule has 0 aliphatic carbocycles. The van der Waals surface area contributed by atoms with Gasteiger partial charge in [0.25, 0.3) is 0 Å². The van der Waals surface area contributed by atoms with E-state index < -0.39 is 5.92 Å². The van der Waals surface area contributed by atoms with Crippen molar-refractivity contribution < 1.29 is 9.59 Å². The van der Waals surface area contributed by atoms with Crippen LogP contribution in [0.15, 0.2) is 79.3 Å². The van der Waals surface area contributed by atoms with Crippen LogP contribution in [0.2, 0.25) is 0 Å². The number of hydrogen-bond donors (Lipinski definition) is 1. The molecule has 3 rings (SSSR count). The number of aromatic nitrogens is 2. The zero-order chi connectivity index (χ0) is 25.2. The lowest BCUT2D eigenvalue weighted by molar-refractivity contribution is -0.137. The van der Waals surface area contributed by atoms with E-state index in [0.29, 0.717) is 19.4 Å². The average molecular weight is 473 g/mol. The number of nitrogens with one attached hydrogen (secondary N) is 1. The van der Waals surface area contributed by atoms with Crippen LogP contribution in [-0.4, -0.2) is 45.3 Å². The van der Waals surface area contributed by atoms with Crippen LogP contribution in [0.1, 0.15) is 62.8 Å². The first kappa shape index (κ1) is 26.1. The van der Waals surface area contributed by atoms with Gasteiger partial charge in [0.2, 0.25) is 11.8 Å². The van der Waals surface area contributed by atoms with E-state index in [4.69, 9.17) is 0 Å². The minimum Gasteiger partial charge on any atom is -0.355 e. The van der Waals surface area contributed by atoms with Gasteiger partial charge in [0, 0.05) is 55.3 Å². The van der Waals surface area contributed by atoms with E-state index in [0.717, 1.165) is 16.8 Å². The van der Waals surface area contributed by atoms with Crippen molar-refractivity contribution in [3.8, 4) is 0 Å². The summed E-state index contributed by atoms with van der Waals surface area (Å²) in [6, 6.07) is 19.6. The molecule has 0 spiro atoms. The minimum atomic E-state index is -0.480. The molecule has 1 aromatic carbocycles. The topological polar surface area (TPSA) is 75.2 Å². The number of rotatable bonds is 11. The highest BCUT2D eigenvalue weighted by Gasteiger charge is 2.36. The molecule has 0 saturated heterocycles. The van der Waals surface area contributed by atoms with E-state index in [-0.39, 0.29) is 29.8 Å². The monoisotopic (exact) mass is 472 g/mol. The van der Waals surface area contributed by atoms with E-state index >= 15 is 0 Å². The second-order valence-corrected chi connectivity index (χ2v) is 9.34. The Kier molecular flexibility index (Phi) is 9.53. The van der Waals surface area contributed by atoms with Crippen molar-refractivity contribution in [2.24, 2.45) is 0 Å². The molecule has 3 aromatic rings. The van der Waals surface area contributed by atoms with E-state index in [1.54, 1.807) is 18.6 Å². The van der Waals surface area contributed by atoms with E-state index in [9.17, 15) is 9.59 Å². The number of carbonyl (C=O) groups excluding carboxylic acids is 2. The molecular weight excluding hydrogens is 436 g/mol.